The third kappa shape index (κ3) is 4.80. The molecular formula is C15H25FN2O. The van der Waals surface area contributed by atoms with Gasteiger partial charge < -0.3 is 15.4 Å². The molecule has 0 radical (unpaired) electrons. The van der Waals surface area contributed by atoms with Gasteiger partial charge in [0.2, 0.25) is 0 Å². The first-order valence-corrected chi connectivity index (χ1v) is 6.74. The molecule has 0 heterocycles. The zero-order valence-corrected chi connectivity index (χ0v) is 12.3. The van der Waals surface area contributed by atoms with Crippen LogP contribution in [0.5, 0.6) is 0 Å². The first-order valence-electron chi connectivity index (χ1n) is 6.74. The van der Waals surface area contributed by atoms with E-state index in [9.17, 15) is 4.39 Å². The second-order valence-corrected chi connectivity index (χ2v) is 5.32. The van der Waals surface area contributed by atoms with E-state index in [-0.39, 0.29) is 11.9 Å². The van der Waals surface area contributed by atoms with Crippen LogP contribution in [0.2, 0.25) is 0 Å². The molecule has 0 aliphatic heterocycles. The first kappa shape index (κ1) is 15.9. The van der Waals surface area contributed by atoms with E-state index in [4.69, 9.17) is 10.5 Å². The van der Waals surface area contributed by atoms with Crippen molar-refractivity contribution < 1.29 is 9.13 Å². The highest BCUT2D eigenvalue weighted by Crippen LogP contribution is 2.26. The van der Waals surface area contributed by atoms with Crippen molar-refractivity contribution in [1.82, 2.24) is 0 Å². The predicted octanol–water partition coefficient (Wildman–Crippen LogP) is 2.95. The molecule has 0 bridgehead atoms. The fraction of sp³-hybridized carbons (Fsp3) is 0.600. The van der Waals surface area contributed by atoms with Gasteiger partial charge in [-0.3, -0.25) is 0 Å². The summed E-state index contributed by atoms with van der Waals surface area (Å²) in [6, 6.07) is 4.64. The average molecular weight is 268 g/mol. The molecule has 1 aromatic carbocycles. The normalized spacial score (nSPS) is 12.8. The van der Waals surface area contributed by atoms with Crippen molar-refractivity contribution in [2.24, 2.45) is 11.7 Å². The van der Waals surface area contributed by atoms with E-state index in [0.29, 0.717) is 12.5 Å². The SMILES string of the molecule is COCCN(CC(C)C)c1ccc(F)cc1[C@H](C)N. The van der Waals surface area contributed by atoms with Gasteiger partial charge in [-0.25, -0.2) is 4.39 Å². The van der Waals surface area contributed by atoms with Gasteiger partial charge in [-0.1, -0.05) is 13.8 Å². The van der Waals surface area contributed by atoms with Crippen LogP contribution >= 0.6 is 0 Å². The molecule has 1 aromatic rings. The molecule has 0 aliphatic rings. The van der Waals surface area contributed by atoms with Crippen LogP contribution in [-0.2, 0) is 4.74 Å². The molecular weight excluding hydrogens is 243 g/mol. The number of hydrogen-bond acceptors (Lipinski definition) is 3. The second kappa shape index (κ2) is 7.46. The summed E-state index contributed by atoms with van der Waals surface area (Å²) in [7, 11) is 1.69. The lowest BCUT2D eigenvalue weighted by Crippen LogP contribution is -2.32. The molecule has 0 saturated heterocycles. The maximum absolute atomic E-state index is 13.4. The number of rotatable bonds is 7. The van der Waals surface area contributed by atoms with Gasteiger partial charge in [0.05, 0.1) is 6.61 Å². The maximum atomic E-state index is 13.4. The number of hydrogen-bond donors (Lipinski definition) is 1. The zero-order chi connectivity index (χ0) is 14.4. The topological polar surface area (TPSA) is 38.5 Å². The van der Waals surface area contributed by atoms with E-state index in [0.717, 1.165) is 24.3 Å². The van der Waals surface area contributed by atoms with Gasteiger partial charge in [-0.05, 0) is 36.6 Å². The van der Waals surface area contributed by atoms with Crippen LogP contribution in [-0.4, -0.2) is 26.8 Å². The average Bonchev–Trinajstić information content (AvgIpc) is 2.34. The number of halogens is 1. The number of benzene rings is 1. The Morgan fingerprint density at radius 1 is 1.32 bits per heavy atom. The lowest BCUT2D eigenvalue weighted by molar-refractivity contribution is 0.204. The first-order chi connectivity index (χ1) is 8.95. The lowest BCUT2D eigenvalue weighted by atomic mass is 10.0. The van der Waals surface area contributed by atoms with Crippen LogP contribution in [0.4, 0.5) is 10.1 Å². The molecule has 0 aliphatic carbocycles. The largest absolute Gasteiger partial charge is 0.383 e. The summed E-state index contributed by atoms with van der Waals surface area (Å²) < 4.78 is 18.5. The molecule has 0 spiro atoms. The number of anilines is 1. The Hall–Kier alpha value is -1.13. The minimum Gasteiger partial charge on any atom is -0.383 e. The highest BCUT2D eigenvalue weighted by molar-refractivity contribution is 5.55. The Bertz CT molecular complexity index is 394. The predicted molar refractivity (Wildman–Crippen MR) is 77.9 cm³/mol. The van der Waals surface area contributed by atoms with Crippen LogP contribution in [0.1, 0.15) is 32.4 Å². The standard InChI is InChI=1S/C15H25FN2O/c1-11(2)10-18(7-8-19-4)15-6-5-13(16)9-14(15)12(3)17/h5-6,9,11-12H,7-8,10,17H2,1-4H3/t12-/m0/s1. The van der Waals surface area contributed by atoms with Gasteiger partial charge in [-0.2, -0.15) is 0 Å². The molecule has 0 aromatic heterocycles. The number of ether oxygens (including phenoxy) is 1. The van der Waals surface area contributed by atoms with Gasteiger partial charge in [-0.15, -0.1) is 0 Å². The third-order valence-corrected chi connectivity index (χ3v) is 2.97. The number of methoxy groups -OCH3 is 1. The quantitative estimate of drug-likeness (QED) is 0.826. The lowest BCUT2D eigenvalue weighted by Gasteiger charge is -2.29. The van der Waals surface area contributed by atoms with E-state index < -0.39 is 0 Å². The molecule has 108 valence electrons. The monoisotopic (exact) mass is 268 g/mol. The van der Waals surface area contributed by atoms with Gasteiger partial charge in [0.1, 0.15) is 5.82 Å². The molecule has 0 amide bonds. The van der Waals surface area contributed by atoms with Crippen molar-refractivity contribution in [3.63, 3.8) is 0 Å². The van der Waals surface area contributed by atoms with Crippen molar-refractivity contribution in [1.29, 1.82) is 0 Å². The molecule has 0 saturated carbocycles. The van der Waals surface area contributed by atoms with Crippen molar-refractivity contribution in [2.75, 3.05) is 31.7 Å². The highest BCUT2D eigenvalue weighted by Gasteiger charge is 2.15. The third-order valence-electron chi connectivity index (χ3n) is 2.97. The van der Waals surface area contributed by atoms with E-state index in [1.807, 2.05) is 13.0 Å². The zero-order valence-electron chi connectivity index (χ0n) is 12.3. The molecule has 3 nitrogen and oxygen atoms in total. The van der Waals surface area contributed by atoms with Crippen molar-refractivity contribution in [3.8, 4) is 0 Å². The Balaban J connectivity index is 3.05. The highest BCUT2D eigenvalue weighted by atomic mass is 19.1. The van der Waals surface area contributed by atoms with E-state index in [1.54, 1.807) is 7.11 Å². The Labute approximate surface area is 115 Å². The van der Waals surface area contributed by atoms with Gasteiger partial charge >= 0.3 is 0 Å². The molecule has 1 atom stereocenters. The van der Waals surface area contributed by atoms with E-state index in [1.165, 1.54) is 12.1 Å². The molecule has 0 fully saturated rings. The summed E-state index contributed by atoms with van der Waals surface area (Å²) in [6.45, 7) is 8.52. The van der Waals surface area contributed by atoms with Gasteiger partial charge in [0.25, 0.3) is 0 Å². The number of nitrogens with two attached hydrogens (primary N) is 1. The fourth-order valence-corrected chi connectivity index (χ4v) is 2.13. The second-order valence-electron chi connectivity index (χ2n) is 5.32. The summed E-state index contributed by atoms with van der Waals surface area (Å²) in [6.07, 6.45) is 0. The molecule has 4 heteroatoms. The molecule has 1 rings (SSSR count). The Kier molecular flexibility index (Phi) is 6.25. The van der Waals surface area contributed by atoms with Crippen molar-refractivity contribution >= 4 is 5.69 Å². The Morgan fingerprint density at radius 3 is 2.53 bits per heavy atom. The van der Waals surface area contributed by atoms with E-state index in [2.05, 4.69) is 18.7 Å². The van der Waals surface area contributed by atoms with Crippen LogP contribution in [0.3, 0.4) is 0 Å². The summed E-state index contributed by atoms with van der Waals surface area (Å²) in [4.78, 5) is 2.21. The number of nitrogens with zero attached hydrogens (tertiary/aromatic N) is 1. The van der Waals surface area contributed by atoms with Crippen molar-refractivity contribution in [3.05, 3.63) is 29.6 Å². The van der Waals surface area contributed by atoms with Gasteiger partial charge in [0, 0.05) is 31.9 Å². The Morgan fingerprint density at radius 2 is 2.00 bits per heavy atom. The fourth-order valence-electron chi connectivity index (χ4n) is 2.13. The van der Waals surface area contributed by atoms with Crippen molar-refractivity contribution in [2.45, 2.75) is 26.8 Å². The van der Waals surface area contributed by atoms with E-state index >= 15 is 0 Å². The van der Waals surface area contributed by atoms with Gasteiger partial charge in [0.15, 0.2) is 0 Å². The summed E-state index contributed by atoms with van der Waals surface area (Å²) in [5.74, 6) is 0.273. The van der Waals surface area contributed by atoms with Crippen LogP contribution < -0.4 is 10.6 Å². The van der Waals surface area contributed by atoms with Crippen LogP contribution in [0, 0.1) is 11.7 Å². The maximum Gasteiger partial charge on any atom is 0.123 e. The summed E-state index contributed by atoms with van der Waals surface area (Å²) in [5.41, 5.74) is 7.80. The molecule has 2 N–H and O–H groups in total. The summed E-state index contributed by atoms with van der Waals surface area (Å²) >= 11 is 0. The van der Waals surface area contributed by atoms with Crippen LogP contribution in [0.25, 0.3) is 0 Å². The minimum absolute atomic E-state index is 0.192. The molecule has 19 heavy (non-hydrogen) atoms. The van der Waals surface area contributed by atoms with Crippen LogP contribution in [0.15, 0.2) is 18.2 Å². The minimum atomic E-state index is -0.243. The summed E-state index contributed by atoms with van der Waals surface area (Å²) in [5, 5.41) is 0. The molecule has 0 unspecified atom stereocenters. The smallest absolute Gasteiger partial charge is 0.123 e.